The first-order chi connectivity index (χ1) is 16.3. The summed E-state index contributed by atoms with van der Waals surface area (Å²) in [7, 11) is 0. The number of para-hydroxylation sites is 1. The quantitative estimate of drug-likeness (QED) is 0.777. The van der Waals surface area contributed by atoms with E-state index in [9.17, 15) is 5.11 Å². The molecule has 0 atom stereocenters. The number of halogens is 1. The number of β-amino-alcohol motifs (C(OH)–C–C–N with tert-alkyl or cyclic N) is 1. The fourth-order valence-corrected chi connectivity index (χ4v) is 4.29. The minimum atomic E-state index is -2.89. The summed E-state index contributed by atoms with van der Waals surface area (Å²) in [6, 6.07) is 13.3. The summed E-state index contributed by atoms with van der Waals surface area (Å²) in [4.78, 5) is 5.11. The molecule has 4 rings (SSSR count). The third kappa shape index (κ3) is 4.44. The Morgan fingerprint density at radius 2 is 1.63 bits per heavy atom. The van der Waals surface area contributed by atoms with Crippen molar-refractivity contribution in [3.8, 4) is 0 Å². The van der Waals surface area contributed by atoms with Gasteiger partial charge in [-0.15, -0.1) is 0 Å². The Bertz CT molecular complexity index is 1080. The zero-order valence-electron chi connectivity index (χ0n) is 22.7. The number of hydrogen-bond acceptors (Lipinski definition) is 5. The maximum absolute atomic E-state index is 9.30. The van der Waals surface area contributed by atoms with Crippen LogP contribution in [0.4, 0.5) is 11.4 Å². The van der Waals surface area contributed by atoms with Crippen LogP contribution in [-0.2, 0) is 0 Å². The zero-order chi connectivity index (χ0) is 25.8. The molecule has 144 valence electrons. The average molecular weight is 412 g/mol. The van der Waals surface area contributed by atoms with Crippen LogP contribution < -0.4 is 4.90 Å². The van der Waals surface area contributed by atoms with E-state index in [-0.39, 0.29) is 13.0 Å². The van der Waals surface area contributed by atoms with Crippen LogP contribution in [0.2, 0.25) is 5.02 Å². The first-order valence-electron chi connectivity index (χ1n) is 12.8. The number of hydrogen-bond donors (Lipinski definition) is 1. The number of piperazine rings is 1. The fourth-order valence-electron chi connectivity index (χ4n) is 3.05. The summed E-state index contributed by atoms with van der Waals surface area (Å²) in [5.41, 5.74) is 1.79. The molecule has 0 bridgehead atoms. The molecule has 0 spiro atoms. The number of aliphatic hydroxyl groups is 1. The second-order valence-corrected chi connectivity index (χ2v) is 7.68. The van der Waals surface area contributed by atoms with Gasteiger partial charge in [0.05, 0.1) is 18.0 Å². The lowest BCUT2D eigenvalue weighted by Gasteiger charge is -2.36. The highest BCUT2D eigenvalue weighted by Crippen LogP contribution is 2.48. The van der Waals surface area contributed by atoms with Crippen molar-refractivity contribution in [2.24, 2.45) is 0 Å². The fraction of sp³-hybridized carbons (Fsp3) is 0.429. The molecule has 2 aliphatic heterocycles. The average Bonchev–Trinajstić information content (AvgIpc) is 2.78. The third-order valence-corrected chi connectivity index (χ3v) is 5.68. The topological polar surface area (TPSA) is 30.0 Å². The van der Waals surface area contributed by atoms with Gasteiger partial charge in [0, 0.05) is 64.9 Å². The summed E-state index contributed by atoms with van der Waals surface area (Å²) in [6.07, 6.45) is 0.218. The summed E-state index contributed by atoms with van der Waals surface area (Å²) in [5, 5.41) is 9.86. The number of anilines is 2. The minimum Gasteiger partial charge on any atom is -0.395 e. The van der Waals surface area contributed by atoms with Gasteiger partial charge in [-0.1, -0.05) is 35.5 Å². The summed E-state index contributed by atoms with van der Waals surface area (Å²) < 4.78 is 67.2. The van der Waals surface area contributed by atoms with E-state index >= 15 is 0 Å². The van der Waals surface area contributed by atoms with Crippen molar-refractivity contribution in [2.75, 3.05) is 57.1 Å². The molecule has 0 aliphatic carbocycles. The van der Waals surface area contributed by atoms with Crippen molar-refractivity contribution in [3.63, 3.8) is 0 Å². The van der Waals surface area contributed by atoms with Crippen LogP contribution in [0.25, 0.3) is 0 Å². The molecule has 4 nitrogen and oxygen atoms in total. The van der Waals surface area contributed by atoms with Gasteiger partial charge in [-0.25, -0.2) is 0 Å². The first kappa shape index (κ1) is 11.7. The molecule has 2 aromatic rings. The highest BCUT2D eigenvalue weighted by molar-refractivity contribution is 7.99. The molecule has 0 radical (unpaired) electrons. The summed E-state index contributed by atoms with van der Waals surface area (Å²) in [5.74, 6) is 0. The molecule has 0 unspecified atom stereocenters. The monoisotopic (exact) mass is 411 g/mol. The lowest BCUT2D eigenvalue weighted by atomic mass is 10.2. The van der Waals surface area contributed by atoms with Crippen molar-refractivity contribution in [2.45, 2.75) is 16.2 Å². The van der Waals surface area contributed by atoms with Crippen LogP contribution in [0.3, 0.4) is 0 Å². The van der Waals surface area contributed by atoms with E-state index < -0.39 is 39.1 Å². The summed E-state index contributed by atoms with van der Waals surface area (Å²) >= 11 is 7.86. The van der Waals surface area contributed by atoms with Crippen LogP contribution in [0.1, 0.15) is 17.4 Å². The van der Waals surface area contributed by atoms with Gasteiger partial charge in [0.15, 0.2) is 0 Å². The van der Waals surface area contributed by atoms with Gasteiger partial charge in [-0.3, -0.25) is 4.90 Å². The number of rotatable bonds is 6. The lowest BCUT2D eigenvalue weighted by Crippen LogP contribution is -2.47. The van der Waals surface area contributed by atoms with E-state index in [0.29, 0.717) is 21.4 Å². The van der Waals surface area contributed by atoms with Gasteiger partial charge in [0.1, 0.15) is 0 Å². The Balaban J connectivity index is 1.62. The maximum Gasteiger partial charge on any atom is 0.0567 e. The van der Waals surface area contributed by atoms with E-state index in [4.69, 9.17) is 22.6 Å². The van der Waals surface area contributed by atoms with Gasteiger partial charge in [-0.2, -0.15) is 0 Å². The molecule has 1 N–H and O–H groups in total. The van der Waals surface area contributed by atoms with Crippen molar-refractivity contribution in [3.05, 3.63) is 47.5 Å². The van der Waals surface area contributed by atoms with Crippen molar-refractivity contribution < 1.29 is 16.1 Å². The van der Waals surface area contributed by atoms with E-state index in [2.05, 4.69) is 0 Å². The largest absolute Gasteiger partial charge is 0.395 e. The third-order valence-electron chi connectivity index (χ3n) is 4.31. The Hall–Kier alpha value is -1.24. The Morgan fingerprint density at radius 3 is 2.41 bits per heavy atom. The van der Waals surface area contributed by atoms with Crippen LogP contribution in [0, 0.1) is 0 Å². The first-order valence-corrected chi connectivity index (χ1v) is 9.96. The zero-order valence-corrected chi connectivity index (χ0v) is 16.2. The molecule has 0 aromatic heterocycles. The molecule has 1 fully saturated rings. The van der Waals surface area contributed by atoms with Crippen LogP contribution in [0.15, 0.2) is 52.3 Å². The lowest BCUT2D eigenvalue weighted by molar-refractivity contribution is 0.112. The number of nitrogens with zero attached hydrogens (tertiary/aromatic N) is 3. The minimum absolute atomic E-state index is 0.218. The Labute approximate surface area is 182 Å². The van der Waals surface area contributed by atoms with E-state index in [0.717, 1.165) is 21.2 Å². The molecule has 1 saturated heterocycles. The van der Waals surface area contributed by atoms with Crippen LogP contribution in [-0.4, -0.2) is 67.1 Å². The molecule has 2 heterocycles. The molecule has 0 saturated carbocycles. The van der Waals surface area contributed by atoms with Gasteiger partial charge in [0.25, 0.3) is 0 Å². The molecule has 27 heavy (non-hydrogen) atoms. The number of aliphatic hydroxyl groups excluding tert-OH is 1. The standard InChI is InChI=1S/C21H26ClN3OS/c22-17-6-7-21-19(16-17)25(18-4-1-2-5-20(18)27-21)9-3-8-23-10-12-24(13-11-23)14-15-26/h1-2,4-7,16,26H,3,8-15H2/i10D2,11D2,12D2,13D2. The summed E-state index contributed by atoms with van der Waals surface area (Å²) in [6.45, 7) is -12.6. The van der Waals surface area contributed by atoms with Gasteiger partial charge < -0.3 is 14.9 Å². The molecule has 2 aliphatic rings. The van der Waals surface area contributed by atoms with E-state index in [1.165, 1.54) is 0 Å². The molecular weight excluding hydrogens is 378 g/mol. The second kappa shape index (κ2) is 8.84. The highest BCUT2D eigenvalue weighted by Gasteiger charge is 2.23. The van der Waals surface area contributed by atoms with Gasteiger partial charge in [0.2, 0.25) is 0 Å². The van der Waals surface area contributed by atoms with Crippen molar-refractivity contribution >= 4 is 34.7 Å². The maximum atomic E-state index is 9.30. The van der Waals surface area contributed by atoms with E-state index in [1.54, 1.807) is 17.8 Å². The second-order valence-electron chi connectivity index (χ2n) is 6.16. The van der Waals surface area contributed by atoms with Crippen LogP contribution >= 0.6 is 23.4 Å². The molecule has 0 amide bonds. The Morgan fingerprint density at radius 1 is 0.926 bits per heavy atom. The number of benzene rings is 2. The predicted molar refractivity (Wildman–Crippen MR) is 114 cm³/mol. The Kier molecular flexibility index (Phi) is 3.83. The molecular formula is C21H26ClN3OS. The van der Waals surface area contributed by atoms with Crippen LogP contribution in [0.5, 0.6) is 0 Å². The normalized spacial score (nSPS) is 29.5. The predicted octanol–water partition coefficient (Wildman–Crippen LogP) is 3.94. The SMILES string of the molecule is [2H]C1([2H])N(CCO)C([2H])([2H])C([2H])([2H])N(CCCN2c3ccccc3Sc3ccc(Cl)cc32)C1([2H])[2H]. The van der Waals surface area contributed by atoms with E-state index in [1.807, 2.05) is 41.3 Å². The molecule has 6 heteroatoms. The van der Waals surface area contributed by atoms with Crippen molar-refractivity contribution in [1.29, 1.82) is 0 Å². The van der Waals surface area contributed by atoms with Crippen molar-refractivity contribution in [1.82, 2.24) is 9.80 Å². The van der Waals surface area contributed by atoms with Gasteiger partial charge >= 0.3 is 0 Å². The number of fused-ring (bicyclic) bond motifs is 2. The smallest absolute Gasteiger partial charge is 0.0567 e. The highest BCUT2D eigenvalue weighted by atomic mass is 35.5. The molecule has 2 aromatic carbocycles. The van der Waals surface area contributed by atoms with Gasteiger partial charge in [-0.05, 0) is 43.3 Å².